The number of hydrogen-bond donors (Lipinski definition) is 1. The van der Waals surface area contributed by atoms with Crippen molar-refractivity contribution in [1.82, 2.24) is 0 Å². The Morgan fingerprint density at radius 1 is 1.10 bits per heavy atom. The molecule has 0 saturated carbocycles. The van der Waals surface area contributed by atoms with Crippen LogP contribution in [0.3, 0.4) is 0 Å². The highest BCUT2D eigenvalue weighted by atomic mass is 32.2. The van der Waals surface area contributed by atoms with Crippen LogP contribution in [0.1, 0.15) is 18.1 Å². The molecule has 2 aromatic carbocycles. The highest BCUT2D eigenvalue weighted by Gasteiger charge is 2.28. The standard InChI is InChI=1S/C16H18N2O2S/c1-2-13-7-9-15(10-8-13)17-21(19,20)18-12-11-14-5-3-4-6-16(14)18/h3-10,17H,2,11-12H2,1H3. The zero-order valence-corrected chi connectivity index (χ0v) is 12.7. The minimum atomic E-state index is -3.56. The summed E-state index contributed by atoms with van der Waals surface area (Å²) < 4.78 is 29.2. The number of anilines is 2. The summed E-state index contributed by atoms with van der Waals surface area (Å²) in [6.07, 6.45) is 1.69. The molecule has 5 heteroatoms. The third-order valence-corrected chi connectivity index (χ3v) is 5.20. The molecule has 0 spiro atoms. The normalized spacial score (nSPS) is 14.0. The van der Waals surface area contributed by atoms with Gasteiger partial charge in [0, 0.05) is 6.54 Å². The summed E-state index contributed by atoms with van der Waals surface area (Å²) in [6, 6.07) is 15.1. The van der Waals surface area contributed by atoms with Gasteiger partial charge in [0.25, 0.3) is 0 Å². The lowest BCUT2D eigenvalue weighted by atomic mass is 10.2. The van der Waals surface area contributed by atoms with Crippen molar-refractivity contribution < 1.29 is 8.42 Å². The van der Waals surface area contributed by atoms with Crippen molar-refractivity contribution in [2.24, 2.45) is 0 Å². The highest BCUT2D eigenvalue weighted by molar-refractivity contribution is 7.94. The minimum Gasteiger partial charge on any atom is -0.267 e. The lowest BCUT2D eigenvalue weighted by Gasteiger charge is -2.20. The maximum Gasteiger partial charge on any atom is 0.323 e. The molecular formula is C16H18N2O2S. The van der Waals surface area contributed by atoms with Crippen LogP contribution in [0, 0.1) is 0 Å². The fourth-order valence-corrected chi connectivity index (χ4v) is 3.88. The van der Waals surface area contributed by atoms with E-state index in [9.17, 15) is 8.42 Å². The summed E-state index contributed by atoms with van der Waals surface area (Å²) in [7, 11) is -3.56. The molecule has 0 aliphatic carbocycles. The molecule has 0 aromatic heterocycles. The van der Waals surface area contributed by atoms with E-state index in [4.69, 9.17) is 0 Å². The Bertz CT molecular complexity index is 739. The van der Waals surface area contributed by atoms with Gasteiger partial charge in [-0.2, -0.15) is 8.42 Å². The number of aryl methyl sites for hydroxylation is 1. The number of benzene rings is 2. The largest absolute Gasteiger partial charge is 0.323 e. The van der Waals surface area contributed by atoms with Crippen LogP contribution in [0.5, 0.6) is 0 Å². The van der Waals surface area contributed by atoms with E-state index in [1.54, 1.807) is 12.1 Å². The summed E-state index contributed by atoms with van der Waals surface area (Å²) in [5.41, 5.74) is 3.63. The van der Waals surface area contributed by atoms with E-state index in [0.29, 0.717) is 12.2 Å². The summed E-state index contributed by atoms with van der Waals surface area (Å²) >= 11 is 0. The molecule has 0 fully saturated rings. The number of fused-ring (bicyclic) bond motifs is 1. The maximum absolute atomic E-state index is 12.5. The summed E-state index contributed by atoms with van der Waals surface area (Å²) in [5.74, 6) is 0. The van der Waals surface area contributed by atoms with E-state index in [0.717, 1.165) is 24.1 Å². The van der Waals surface area contributed by atoms with Crippen molar-refractivity contribution in [1.29, 1.82) is 0 Å². The first kappa shape index (κ1) is 13.9. The Labute approximate surface area is 125 Å². The highest BCUT2D eigenvalue weighted by Crippen LogP contribution is 2.30. The zero-order chi connectivity index (χ0) is 14.9. The smallest absolute Gasteiger partial charge is 0.267 e. The molecule has 1 N–H and O–H groups in total. The monoisotopic (exact) mass is 302 g/mol. The quantitative estimate of drug-likeness (QED) is 0.944. The maximum atomic E-state index is 12.5. The second-order valence-electron chi connectivity index (χ2n) is 5.11. The molecule has 21 heavy (non-hydrogen) atoms. The van der Waals surface area contributed by atoms with Crippen molar-refractivity contribution in [2.45, 2.75) is 19.8 Å². The first-order valence-electron chi connectivity index (χ1n) is 7.07. The van der Waals surface area contributed by atoms with Gasteiger partial charge < -0.3 is 0 Å². The van der Waals surface area contributed by atoms with Crippen molar-refractivity contribution >= 4 is 21.6 Å². The van der Waals surface area contributed by atoms with Crippen LogP contribution in [-0.2, 0) is 23.1 Å². The molecule has 0 unspecified atom stereocenters. The Morgan fingerprint density at radius 2 is 1.81 bits per heavy atom. The van der Waals surface area contributed by atoms with Gasteiger partial charge in [0.05, 0.1) is 11.4 Å². The van der Waals surface area contributed by atoms with Crippen LogP contribution in [0.4, 0.5) is 11.4 Å². The molecule has 3 rings (SSSR count). The molecule has 110 valence electrons. The van der Waals surface area contributed by atoms with Crippen LogP contribution in [0.15, 0.2) is 48.5 Å². The van der Waals surface area contributed by atoms with Crippen LogP contribution in [0.25, 0.3) is 0 Å². The predicted molar refractivity (Wildman–Crippen MR) is 85.9 cm³/mol. The number of para-hydroxylation sites is 1. The van der Waals surface area contributed by atoms with Gasteiger partial charge in [-0.05, 0) is 42.2 Å². The number of nitrogens with one attached hydrogen (secondary N) is 1. The fraction of sp³-hybridized carbons (Fsp3) is 0.250. The Morgan fingerprint density at radius 3 is 2.52 bits per heavy atom. The van der Waals surface area contributed by atoms with Gasteiger partial charge in [0.1, 0.15) is 0 Å². The predicted octanol–water partition coefficient (Wildman–Crippen LogP) is 2.97. The van der Waals surface area contributed by atoms with Crippen LogP contribution in [0.2, 0.25) is 0 Å². The second kappa shape index (κ2) is 5.41. The van der Waals surface area contributed by atoms with Crippen LogP contribution >= 0.6 is 0 Å². The fourth-order valence-electron chi connectivity index (χ4n) is 2.57. The van der Waals surface area contributed by atoms with Crippen LogP contribution in [-0.4, -0.2) is 15.0 Å². The third-order valence-electron chi connectivity index (χ3n) is 3.74. The molecule has 0 bridgehead atoms. The second-order valence-corrected chi connectivity index (χ2v) is 6.70. The van der Waals surface area contributed by atoms with Gasteiger partial charge in [-0.3, -0.25) is 9.03 Å². The molecule has 1 aliphatic heterocycles. The Hall–Kier alpha value is -2.01. The molecule has 2 aromatic rings. The Balaban J connectivity index is 1.84. The van der Waals surface area contributed by atoms with Crippen molar-refractivity contribution in [2.75, 3.05) is 15.6 Å². The average Bonchev–Trinajstić information content (AvgIpc) is 2.92. The summed E-state index contributed by atoms with van der Waals surface area (Å²) in [5, 5.41) is 0. The topological polar surface area (TPSA) is 49.4 Å². The number of nitrogens with zero attached hydrogens (tertiary/aromatic N) is 1. The SMILES string of the molecule is CCc1ccc(NS(=O)(=O)N2CCc3ccccc32)cc1. The van der Waals surface area contributed by atoms with Gasteiger partial charge in [0.2, 0.25) is 0 Å². The molecule has 0 amide bonds. The first-order chi connectivity index (χ1) is 10.1. The van der Waals surface area contributed by atoms with E-state index in [1.807, 2.05) is 36.4 Å². The Kier molecular flexibility index (Phi) is 3.59. The lowest BCUT2D eigenvalue weighted by molar-refractivity contribution is 0.597. The van der Waals surface area contributed by atoms with E-state index in [1.165, 1.54) is 9.87 Å². The van der Waals surface area contributed by atoms with Gasteiger partial charge >= 0.3 is 10.2 Å². The van der Waals surface area contributed by atoms with E-state index in [2.05, 4.69) is 11.6 Å². The number of rotatable bonds is 4. The zero-order valence-electron chi connectivity index (χ0n) is 11.9. The molecular weight excluding hydrogens is 284 g/mol. The van der Waals surface area contributed by atoms with Crippen molar-refractivity contribution in [3.05, 3.63) is 59.7 Å². The third kappa shape index (κ3) is 2.74. The summed E-state index contributed by atoms with van der Waals surface area (Å²) in [6.45, 7) is 2.56. The van der Waals surface area contributed by atoms with E-state index >= 15 is 0 Å². The minimum absolute atomic E-state index is 0.488. The van der Waals surface area contributed by atoms with Crippen molar-refractivity contribution in [3.63, 3.8) is 0 Å². The first-order valence-corrected chi connectivity index (χ1v) is 8.51. The van der Waals surface area contributed by atoms with Gasteiger partial charge in [-0.15, -0.1) is 0 Å². The molecule has 1 aliphatic rings. The van der Waals surface area contributed by atoms with Gasteiger partial charge in [-0.1, -0.05) is 37.3 Å². The van der Waals surface area contributed by atoms with Crippen LogP contribution < -0.4 is 9.03 Å². The molecule has 0 saturated heterocycles. The molecule has 0 atom stereocenters. The van der Waals surface area contributed by atoms with Gasteiger partial charge in [0.15, 0.2) is 0 Å². The lowest BCUT2D eigenvalue weighted by Crippen LogP contribution is -2.34. The molecule has 4 nitrogen and oxygen atoms in total. The molecule has 0 radical (unpaired) electrons. The van der Waals surface area contributed by atoms with E-state index in [-0.39, 0.29) is 0 Å². The number of hydrogen-bond acceptors (Lipinski definition) is 2. The van der Waals surface area contributed by atoms with Crippen molar-refractivity contribution in [3.8, 4) is 0 Å². The average molecular weight is 302 g/mol. The molecule has 1 heterocycles. The van der Waals surface area contributed by atoms with Gasteiger partial charge in [-0.25, -0.2) is 0 Å². The summed E-state index contributed by atoms with van der Waals surface area (Å²) in [4.78, 5) is 0. The van der Waals surface area contributed by atoms with E-state index < -0.39 is 10.2 Å².